The van der Waals surface area contributed by atoms with Crippen molar-refractivity contribution in [2.24, 2.45) is 0 Å². The van der Waals surface area contributed by atoms with Gasteiger partial charge in [0.05, 0.1) is 5.54 Å². The molecule has 0 aliphatic heterocycles. The number of nitrogens with one attached hydrogen (secondary N) is 1. The van der Waals surface area contributed by atoms with E-state index in [0.717, 1.165) is 30.2 Å². The van der Waals surface area contributed by atoms with Crippen molar-refractivity contribution in [3.63, 3.8) is 0 Å². The molecule has 1 aromatic carbocycles. The highest BCUT2D eigenvalue weighted by Gasteiger charge is 2.32. The predicted molar refractivity (Wildman–Crippen MR) is 87.4 cm³/mol. The lowest BCUT2D eigenvalue weighted by Gasteiger charge is -2.40. The van der Waals surface area contributed by atoms with Gasteiger partial charge >= 0.3 is 5.97 Å². The molecule has 0 aromatic heterocycles. The summed E-state index contributed by atoms with van der Waals surface area (Å²) in [5, 5.41) is 12.3. The number of carboxylic acids is 1. The normalized spacial score (nSPS) is 17.6. The van der Waals surface area contributed by atoms with E-state index in [2.05, 4.69) is 18.8 Å². The third-order valence-electron chi connectivity index (χ3n) is 4.24. The Morgan fingerprint density at radius 3 is 2.38 bits per heavy atom. The maximum atomic E-state index is 10.5. The summed E-state index contributed by atoms with van der Waals surface area (Å²) in [6.07, 6.45) is 8.78. The number of aliphatic carboxylic acids is 1. The first-order chi connectivity index (χ1) is 10.0. The molecule has 0 radical (unpaired) electrons. The van der Waals surface area contributed by atoms with Gasteiger partial charge in [-0.05, 0) is 43.5 Å². The van der Waals surface area contributed by atoms with Crippen molar-refractivity contribution in [2.75, 3.05) is 5.32 Å². The van der Waals surface area contributed by atoms with Gasteiger partial charge in [0.2, 0.25) is 0 Å². The average molecular weight is 285 g/mol. The number of anilines is 1. The summed E-state index contributed by atoms with van der Waals surface area (Å²) in [4.78, 5) is 10.5. The van der Waals surface area contributed by atoms with Crippen LogP contribution in [0.25, 0.3) is 6.08 Å². The second-order valence-electron chi connectivity index (χ2n) is 5.84. The molecular weight excluding hydrogens is 262 g/mol. The Bertz CT molecular complexity index is 537. The lowest BCUT2D eigenvalue weighted by atomic mass is 9.77. The lowest BCUT2D eigenvalue weighted by Crippen LogP contribution is -2.41. The van der Waals surface area contributed by atoms with Gasteiger partial charge in [-0.3, -0.25) is 0 Å². The Labute approximate surface area is 126 Å². The topological polar surface area (TPSA) is 49.3 Å². The molecule has 3 heteroatoms. The van der Waals surface area contributed by atoms with E-state index in [-0.39, 0.29) is 5.54 Å². The Morgan fingerprint density at radius 2 is 1.86 bits per heavy atom. The second kappa shape index (κ2) is 6.61. The summed E-state index contributed by atoms with van der Waals surface area (Å²) >= 11 is 0. The average Bonchev–Trinajstić information content (AvgIpc) is 2.47. The Hall–Kier alpha value is -2.03. The lowest BCUT2D eigenvalue weighted by molar-refractivity contribution is -0.131. The van der Waals surface area contributed by atoms with Gasteiger partial charge < -0.3 is 10.4 Å². The number of hydrogen-bond donors (Lipinski definition) is 2. The van der Waals surface area contributed by atoms with Crippen molar-refractivity contribution in [1.29, 1.82) is 0 Å². The number of carboxylic acid groups (broad SMARTS) is 1. The maximum Gasteiger partial charge on any atom is 0.328 e. The van der Waals surface area contributed by atoms with Crippen molar-refractivity contribution < 1.29 is 9.90 Å². The molecule has 3 nitrogen and oxygen atoms in total. The third-order valence-corrected chi connectivity index (χ3v) is 4.24. The summed E-state index contributed by atoms with van der Waals surface area (Å²) in [7, 11) is 0. The maximum absolute atomic E-state index is 10.5. The molecule has 21 heavy (non-hydrogen) atoms. The zero-order valence-corrected chi connectivity index (χ0v) is 12.6. The van der Waals surface area contributed by atoms with Gasteiger partial charge in [0, 0.05) is 11.8 Å². The van der Waals surface area contributed by atoms with Crippen molar-refractivity contribution >= 4 is 17.7 Å². The SMILES string of the molecule is C=C(C)C1(Nc2ccc(C=CC(=O)O)cc2)CCCCC1. The van der Waals surface area contributed by atoms with Crippen LogP contribution < -0.4 is 5.32 Å². The van der Waals surface area contributed by atoms with Gasteiger partial charge in [0.1, 0.15) is 0 Å². The Kier molecular flexibility index (Phi) is 4.84. The molecule has 1 aliphatic carbocycles. The molecule has 0 bridgehead atoms. The van der Waals surface area contributed by atoms with Crippen LogP contribution in [0.2, 0.25) is 0 Å². The molecule has 2 N–H and O–H groups in total. The van der Waals surface area contributed by atoms with Crippen LogP contribution in [-0.4, -0.2) is 16.6 Å². The molecule has 0 saturated heterocycles. The summed E-state index contributed by atoms with van der Waals surface area (Å²) in [5.74, 6) is -0.930. The van der Waals surface area contributed by atoms with Gasteiger partial charge in [-0.25, -0.2) is 4.79 Å². The van der Waals surface area contributed by atoms with Gasteiger partial charge in [-0.2, -0.15) is 0 Å². The highest BCUT2D eigenvalue weighted by atomic mass is 16.4. The Morgan fingerprint density at radius 1 is 1.24 bits per heavy atom. The first-order valence-electron chi connectivity index (χ1n) is 7.47. The largest absolute Gasteiger partial charge is 0.478 e. The molecule has 0 spiro atoms. The summed E-state index contributed by atoms with van der Waals surface area (Å²) in [5.41, 5.74) is 3.15. The van der Waals surface area contributed by atoms with Crippen LogP contribution in [0.1, 0.15) is 44.6 Å². The zero-order chi connectivity index (χ0) is 15.3. The highest BCUT2D eigenvalue weighted by molar-refractivity contribution is 5.85. The van der Waals surface area contributed by atoms with E-state index in [1.54, 1.807) is 6.08 Å². The molecule has 1 aliphatic rings. The van der Waals surface area contributed by atoms with Crippen LogP contribution in [0, 0.1) is 0 Å². The van der Waals surface area contributed by atoms with Gasteiger partial charge in [0.15, 0.2) is 0 Å². The third kappa shape index (κ3) is 3.97. The second-order valence-corrected chi connectivity index (χ2v) is 5.84. The quantitative estimate of drug-likeness (QED) is 0.619. The summed E-state index contributed by atoms with van der Waals surface area (Å²) in [6, 6.07) is 7.86. The smallest absolute Gasteiger partial charge is 0.328 e. The minimum atomic E-state index is -0.930. The number of benzene rings is 1. The molecule has 112 valence electrons. The van der Waals surface area contributed by atoms with E-state index >= 15 is 0 Å². The molecule has 0 amide bonds. The minimum absolute atomic E-state index is 0.0106. The first kappa shape index (κ1) is 15.4. The number of rotatable bonds is 5. The zero-order valence-electron chi connectivity index (χ0n) is 12.6. The van der Waals surface area contributed by atoms with E-state index < -0.39 is 5.97 Å². The fraction of sp³-hybridized carbons (Fsp3) is 0.389. The first-order valence-corrected chi connectivity index (χ1v) is 7.47. The van der Waals surface area contributed by atoms with Crippen LogP contribution in [0.3, 0.4) is 0 Å². The van der Waals surface area contributed by atoms with Gasteiger partial charge in [-0.1, -0.05) is 43.5 Å². The van der Waals surface area contributed by atoms with E-state index in [1.807, 2.05) is 24.3 Å². The summed E-state index contributed by atoms with van der Waals surface area (Å²) in [6.45, 7) is 6.27. The van der Waals surface area contributed by atoms with Gasteiger partial charge in [0.25, 0.3) is 0 Å². The van der Waals surface area contributed by atoms with Crippen molar-refractivity contribution in [2.45, 2.75) is 44.6 Å². The van der Waals surface area contributed by atoms with Crippen molar-refractivity contribution in [3.05, 3.63) is 48.1 Å². The van der Waals surface area contributed by atoms with Crippen molar-refractivity contribution in [1.82, 2.24) is 0 Å². The molecular formula is C18H23NO2. The molecule has 1 saturated carbocycles. The predicted octanol–water partition coefficient (Wildman–Crippen LogP) is 4.48. The fourth-order valence-corrected chi connectivity index (χ4v) is 2.94. The van der Waals surface area contributed by atoms with Crippen LogP contribution >= 0.6 is 0 Å². The number of carbonyl (C=O) groups is 1. The molecule has 1 aromatic rings. The standard InChI is InChI=1S/C18H23NO2/c1-14(2)18(12-4-3-5-13-18)19-16-9-6-15(7-10-16)8-11-17(20)21/h6-11,19H,1,3-5,12-13H2,2H3,(H,20,21). The van der Waals surface area contributed by atoms with Gasteiger partial charge in [-0.15, -0.1) is 0 Å². The molecule has 0 atom stereocenters. The molecule has 0 unspecified atom stereocenters. The fourth-order valence-electron chi connectivity index (χ4n) is 2.94. The number of hydrogen-bond acceptors (Lipinski definition) is 2. The van der Waals surface area contributed by atoms with Crippen molar-refractivity contribution in [3.8, 4) is 0 Å². The molecule has 0 heterocycles. The monoisotopic (exact) mass is 285 g/mol. The van der Waals surface area contributed by atoms with E-state index in [0.29, 0.717) is 0 Å². The van der Waals surface area contributed by atoms with E-state index in [4.69, 9.17) is 5.11 Å². The van der Waals surface area contributed by atoms with E-state index in [9.17, 15) is 4.79 Å². The Balaban J connectivity index is 2.11. The van der Waals surface area contributed by atoms with Crippen LogP contribution in [0.15, 0.2) is 42.5 Å². The highest BCUT2D eigenvalue weighted by Crippen LogP contribution is 2.36. The molecule has 1 fully saturated rings. The van der Waals surface area contributed by atoms with Crippen LogP contribution in [0.5, 0.6) is 0 Å². The summed E-state index contributed by atoms with van der Waals surface area (Å²) < 4.78 is 0. The van der Waals surface area contributed by atoms with Crippen LogP contribution in [-0.2, 0) is 4.79 Å². The van der Waals surface area contributed by atoms with E-state index in [1.165, 1.54) is 24.8 Å². The van der Waals surface area contributed by atoms with Crippen LogP contribution in [0.4, 0.5) is 5.69 Å². The molecule has 2 rings (SSSR count). The minimum Gasteiger partial charge on any atom is -0.478 e.